The molecule has 0 saturated heterocycles. The zero-order valence-electron chi connectivity index (χ0n) is 11.0. The van der Waals surface area contributed by atoms with Crippen LogP contribution in [0.2, 0.25) is 0 Å². The lowest BCUT2D eigenvalue weighted by atomic mass is 10.1. The first-order chi connectivity index (χ1) is 9.65. The molecule has 0 radical (unpaired) electrons. The van der Waals surface area contributed by atoms with Crippen molar-refractivity contribution in [3.63, 3.8) is 0 Å². The first-order valence-electron chi connectivity index (χ1n) is 6.24. The molecule has 0 fully saturated rings. The van der Waals surface area contributed by atoms with Gasteiger partial charge in [-0.2, -0.15) is 0 Å². The number of carbonyl (C=O) groups is 1. The van der Waals surface area contributed by atoms with E-state index < -0.39 is 0 Å². The summed E-state index contributed by atoms with van der Waals surface area (Å²) in [5.41, 5.74) is 7.76. The minimum atomic E-state index is -0.169. The number of anilines is 1. The Morgan fingerprint density at radius 1 is 1.40 bits per heavy atom. The van der Waals surface area contributed by atoms with E-state index in [4.69, 9.17) is 10.2 Å². The Bertz CT molecular complexity index is 760. The van der Waals surface area contributed by atoms with Crippen LogP contribution >= 0.6 is 11.3 Å². The molecule has 0 spiro atoms. The Hall–Kier alpha value is -2.27. The number of benzene rings is 1. The summed E-state index contributed by atoms with van der Waals surface area (Å²) >= 11 is 1.41. The molecule has 0 atom stereocenters. The van der Waals surface area contributed by atoms with Crippen LogP contribution in [0.5, 0.6) is 0 Å². The van der Waals surface area contributed by atoms with E-state index in [9.17, 15) is 4.79 Å². The molecular weight excluding hydrogens is 272 g/mol. The second-order valence-electron chi connectivity index (χ2n) is 4.61. The Morgan fingerprint density at radius 3 is 3.00 bits per heavy atom. The van der Waals surface area contributed by atoms with Gasteiger partial charge in [-0.25, -0.2) is 0 Å². The maximum atomic E-state index is 12.2. The number of hydrogen-bond acceptors (Lipinski definition) is 4. The lowest BCUT2D eigenvalue weighted by molar-refractivity contribution is 0.0953. The van der Waals surface area contributed by atoms with Gasteiger partial charge >= 0.3 is 0 Å². The highest BCUT2D eigenvalue weighted by atomic mass is 32.1. The predicted molar refractivity (Wildman–Crippen MR) is 80.9 cm³/mol. The fourth-order valence-corrected chi connectivity index (χ4v) is 3.08. The summed E-state index contributed by atoms with van der Waals surface area (Å²) in [4.78, 5) is 12.7. The summed E-state index contributed by atoms with van der Waals surface area (Å²) in [6, 6.07) is 9.62. The number of nitrogens with two attached hydrogens (primary N) is 1. The van der Waals surface area contributed by atoms with Crippen molar-refractivity contribution in [2.75, 3.05) is 5.73 Å². The van der Waals surface area contributed by atoms with Gasteiger partial charge in [-0.1, -0.05) is 11.6 Å². The molecule has 0 bridgehead atoms. The molecule has 3 aromatic rings. The normalized spacial score (nSPS) is 10.8. The van der Waals surface area contributed by atoms with Gasteiger partial charge in [-0.05, 0) is 31.2 Å². The average molecular weight is 286 g/mol. The molecule has 1 aromatic carbocycles. The maximum absolute atomic E-state index is 12.2. The zero-order valence-corrected chi connectivity index (χ0v) is 11.8. The quantitative estimate of drug-likeness (QED) is 0.776. The zero-order chi connectivity index (χ0) is 14.1. The van der Waals surface area contributed by atoms with Crippen molar-refractivity contribution in [3.05, 3.63) is 52.8 Å². The first kappa shape index (κ1) is 12.7. The second-order valence-corrected chi connectivity index (χ2v) is 5.66. The molecule has 20 heavy (non-hydrogen) atoms. The summed E-state index contributed by atoms with van der Waals surface area (Å²) < 4.78 is 6.21. The van der Waals surface area contributed by atoms with Crippen molar-refractivity contribution >= 4 is 33.0 Å². The number of nitrogens with one attached hydrogen (secondary N) is 1. The van der Waals surface area contributed by atoms with Crippen molar-refractivity contribution in [2.45, 2.75) is 13.5 Å². The first-order valence-corrected chi connectivity index (χ1v) is 7.06. The number of rotatable bonds is 3. The number of aryl methyl sites for hydroxylation is 1. The van der Waals surface area contributed by atoms with Crippen LogP contribution in [0.25, 0.3) is 10.1 Å². The monoisotopic (exact) mass is 286 g/mol. The van der Waals surface area contributed by atoms with Crippen LogP contribution in [0.3, 0.4) is 0 Å². The molecule has 4 nitrogen and oxygen atoms in total. The minimum Gasteiger partial charge on any atom is -0.467 e. The smallest absolute Gasteiger partial charge is 0.263 e. The molecule has 0 aliphatic carbocycles. The number of furan rings is 1. The van der Waals surface area contributed by atoms with E-state index in [2.05, 4.69) is 5.32 Å². The lowest BCUT2D eigenvalue weighted by Gasteiger charge is -2.02. The number of amides is 1. The van der Waals surface area contributed by atoms with Gasteiger partial charge in [0.05, 0.1) is 18.5 Å². The molecule has 2 heterocycles. The van der Waals surface area contributed by atoms with E-state index >= 15 is 0 Å². The molecule has 1 amide bonds. The van der Waals surface area contributed by atoms with Gasteiger partial charge in [0.2, 0.25) is 0 Å². The predicted octanol–water partition coefficient (Wildman–Crippen LogP) is 3.31. The third kappa shape index (κ3) is 2.28. The van der Waals surface area contributed by atoms with E-state index in [1.807, 2.05) is 31.2 Å². The number of thiophene rings is 1. The van der Waals surface area contributed by atoms with Gasteiger partial charge in [0, 0.05) is 10.1 Å². The van der Waals surface area contributed by atoms with Crippen molar-refractivity contribution in [3.8, 4) is 0 Å². The van der Waals surface area contributed by atoms with Crippen molar-refractivity contribution < 1.29 is 9.21 Å². The molecule has 0 aliphatic rings. The van der Waals surface area contributed by atoms with E-state index in [0.717, 1.165) is 15.6 Å². The Kier molecular flexibility index (Phi) is 3.20. The summed E-state index contributed by atoms with van der Waals surface area (Å²) in [6.45, 7) is 2.37. The van der Waals surface area contributed by atoms with Crippen molar-refractivity contribution in [1.29, 1.82) is 0 Å². The van der Waals surface area contributed by atoms with Crippen LogP contribution in [-0.2, 0) is 6.54 Å². The van der Waals surface area contributed by atoms with Crippen LogP contribution in [0.1, 0.15) is 21.0 Å². The van der Waals surface area contributed by atoms with Crippen LogP contribution in [0.4, 0.5) is 5.69 Å². The third-order valence-corrected chi connectivity index (χ3v) is 4.28. The van der Waals surface area contributed by atoms with Gasteiger partial charge in [0.15, 0.2) is 0 Å². The molecule has 0 unspecified atom stereocenters. The maximum Gasteiger partial charge on any atom is 0.263 e. The van der Waals surface area contributed by atoms with Gasteiger partial charge in [0.25, 0.3) is 5.91 Å². The van der Waals surface area contributed by atoms with Gasteiger partial charge in [-0.3, -0.25) is 4.79 Å². The molecule has 0 saturated carbocycles. The largest absolute Gasteiger partial charge is 0.467 e. The Morgan fingerprint density at radius 2 is 2.25 bits per heavy atom. The van der Waals surface area contributed by atoms with Crippen molar-refractivity contribution in [1.82, 2.24) is 5.32 Å². The average Bonchev–Trinajstić information content (AvgIpc) is 3.05. The highest BCUT2D eigenvalue weighted by Crippen LogP contribution is 2.34. The number of fused-ring (bicyclic) bond motifs is 1. The van der Waals surface area contributed by atoms with Crippen LogP contribution < -0.4 is 11.1 Å². The molecule has 2 aromatic heterocycles. The summed E-state index contributed by atoms with van der Waals surface area (Å²) in [6.07, 6.45) is 1.58. The number of nitrogen functional groups attached to an aromatic ring is 1. The van der Waals surface area contributed by atoms with Crippen LogP contribution in [0.15, 0.2) is 41.0 Å². The summed E-state index contributed by atoms with van der Waals surface area (Å²) in [5, 5.41) is 3.76. The molecule has 102 valence electrons. The second kappa shape index (κ2) is 5.02. The highest BCUT2D eigenvalue weighted by Gasteiger charge is 2.16. The third-order valence-electron chi connectivity index (χ3n) is 3.09. The number of hydrogen-bond donors (Lipinski definition) is 2. The summed E-state index contributed by atoms with van der Waals surface area (Å²) in [7, 11) is 0. The summed E-state index contributed by atoms with van der Waals surface area (Å²) in [5.74, 6) is 0.548. The van der Waals surface area contributed by atoms with E-state index in [0.29, 0.717) is 22.9 Å². The topological polar surface area (TPSA) is 68.3 Å². The van der Waals surface area contributed by atoms with Gasteiger partial charge < -0.3 is 15.5 Å². The fourth-order valence-electron chi connectivity index (χ4n) is 2.06. The van der Waals surface area contributed by atoms with Gasteiger partial charge in [0.1, 0.15) is 10.6 Å². The van der Waals surface area contributed by atoms with E-state index in [-0.39, 0.29) is 5.91 Å². The standard InChI is InChI=1S/C15H14N2O2S/c1-9-4-5-12-11(7-9)13(16)14(20-12)15(18)17-8-10-3-2-6-19-10/h2-7H,8,16H2,1H3,(H,17,18). The van der Waals surface area contributed by atoms with E-state index in [1.54, 1.807) is 12.3 Å². The van der Waals surface area contributed by atoms with E-state index in [1.165, 1.54) is 11.3 Å². The minimum absolute atomic E-state index is 0.169. The van der Waals surface area contributed by atoms with Crippen LogP contribution in [-0.4, -0.2) is 5.91 Å². The molecule has 3 N–H and O–H groups in total. The van der Waals surface area contributed by atoms with Crippen molar-refractivity contribution in [2.24, 2.45) is 0 Å². The SMILES string of the molecule is Cc1ccc2sc(C(=O)NCc3ccco3)c(N)c2c1. The van der Waals surface area contributed by atoms with Gasteiger partial charge in [-0.15, -0.1) is 11.3 Å². The Balaban J connectivity index is 1.86. The molecular formula is C15H14N2O2S. The molecule has 0 aliphatic heterocycles. The number of carbonyl (C=O) groups excluding carboxylic acids is 1. The lowest BCUT2D eigenvalue weighted by Crippen LogP contribution is -2.22. The highest BCUT2D eigenvalue weighted by molar-refractivity contribution is 7.21. The van der Waals surface area contributed by atoms with Crippen LogP contribution in [0, 0.1) is 6.92 Å². The Labute approximate surface area is 120 Å². The molecule has 3 rings (SSSR count). The fraction of sp³-hybridized carbons (Fsp3) is 0.133. The molecule has 5 heteroatoms.